The van der Waals surface area contributed by atoms with Gasteiger partial charge in [-0.3, -0.25) is 4.79 Å². The van der Waals surface area contributed by atoms with Crippen molar-refractivity contribution in [3.63, 3.8) is 0 Å². The Bertz CT molecular complexity index is 717. The van der Waals surface area contributed by atoms with Crippen molar-refractivity contribution >= 4 is 17.7 Å². The van der Waals surface area contributed by atoms with E-state index in [1.165, 1.54) is 0 Å². The van der Waals surface area contributed by atoms with Crippen LogP contribution in [-0.2, 0) is 0 Å². The van der Waals surface area contributed by atoms with Crippen LogP contribution < -0.4 is 14.8 Å². The minimum atomic E-state index is -0.117. The zero-order chi connectivity index (χ0) is 16.2. The van der Waals surface area contributed by atoms with E-state index in [9.17, 15) is 4.79 Å². The van der Waals surface area contributed by atoms with Crippen molar-refractivity contribution in [2.45, 2.75) is 17.9 Å². The Balaban J connectivity index is 1.76. The first-order valence-electron chi connectivity index (χ1n) is 7.52. The lowest BCUT2D eigenvalue weighted by atomic mass is 10.1. The van der Waals surface area contributed by atoms with Crippen molar-refractivity contribution in [2.75, 3.05) is 19.5 Å². The molecule has 1 amide bonds. The van der Waals surface area contributed by atoms with Crippen LogP contribution in [0.25, 0.3) is 0 Å². The first kappa shape index (κ1) is 15.7. The molecule has 3 rings (SSSR count). The quantitative estimate of drug-likeness (QED) is 0.870. The molecule has 0 spiro atoms. The van der Waals surface area contributed by atoms with Crippen LogP contribution in [-0.4, -0.2) is 25.4 Å². The number of rotatable bonds is 4. The van der Waals surface area contributed by atoms with E-state index < -0.39 is 0 Å². The van der Waals surface area contributed by atoms with Crippen LogP contribution in [0, 0.1) is 0 Å². The predicted octanol–water partition coefficient (Wildman–Crippen LogP) is 3.67. The van der Waals surface area contributed by atoms with Gasteiger partial charge in [0.25, 0.3) is 5.91 Å². The molecule has 1 N–H and O–H groups in total. The lowest BCUT2D eigenvalue weighted by Crippen LogP contribution is -2.27. The number of nitrogens with one attached hydrogen (secondary N) is 1. The zero-order valence-electron chi connectivity index (χ0n) is 13.2. The van der Waals surface area contributed by atoms with Crippen molar-refractivity contribution in [3.05, 3.63) is 53.6 Å². The summed E-state index contributed by atoms with van der Waals surface area (Å²) in [5.41, 5.74) is 1.69. The molecule has 0 aromatic heterocycles. The fourth-order valence-corrected chi connectivity index (χ4v) is 3.11. The maximum Gasteiger partial charge on any atom is 0.252 e. The largest absolute Gasteiger partial charge is 0.486 e. The number of thioether (sulfide) groups is 1. The van der Waals surface area contributed by atoms with Gasteiger partial charge in [-0.2, -0.15) is 0 Å². The molecule has 0 fully saturated rings. The molecule has 5 heteroatoms. The topological polar surface area (TPSA) is 47.6 Å². The molecule has 23 heavy (non-hydrogen) atoms. The van der Waals surface area contributed by atoms with Gasteiger partial charge in [-0.25, -0.2) is 0 Å². The molecule has 2 aromatic rings. The van der Waals surface area contributed by atoms with Gasteiger partial charge >= 0.3 is 0 Å². The van der Waals surface area contributed by atoms with Gasteiger partial charge in [-0.05, 0) is 43.0 Å². The molecule has 0 saturated carbocycles. The van der Waals surface area contributed by atoms with Crippen molar-refractivity contribution in [2.24, 2.45) is 0 Å². The van der Waals surface area contributed by atoms with Crippen molar-refractivity contribution in [3.8, 4) is 11.5 Å². The third-order valence-electron chi connectivity index (χ3n) is 3.77. The van der Waals surface area contributed by atoms with E-state index in [1.54, 1.807) is 11.8 Å². The van der Waals surface area contributed by atoms with Gasteiger partial charge in [0.05, 0.1) is 11.6 Å². The monoisotopic (exact) mass is 329 g/mol. The Kier molecular flexibility index (Phi) is 4.76. The molecule has 0 aliphatic carbocycles. The molecular weight excluding hydrogens is 310 g/mol. The molecule has 1 heterocycles. The predicted molar refractivity (Wildman–Crippen MR) is 91.5 cm³/mol. The van der Waals surface area contributed by atoms with Crippen LogP contribution in [0.1, 0.15) is 28.9 Å². The first-order chi connectivity index (χ1) is 11.2. The van der Waals surface area contributed by atoms with Gasteiger partial charge in [-0.15, -0.1) is 11.8 Å². The SMILES string of the molecule is CSc1ccccc1C(=O)N[C@H](C)c1ccc2c(c1)OCCO2. The summed E-state index contributed by atoms with van der Waals surface area (Å²) >= 11 is 1.57. The average molecular weight is 329 g/mol. The molecule has 120 valence electrons. The van der Waals surface area contributed by atoms with Crippen LogP contribution in [0.2, 0.25) is 0 Å². The summed E-state index contributed by atoms with van der Waals surface area (Å²) in [7, 11) is 0. The maximum absolute atomic E-state index is 12.5. The van der Waals surface area contributed by atoms with E-state index in [2.05, 4.69) is 5.32 Å². The van der Waals surface area contributed by atoms with Crippen molar-refractivity contribution < 1.29 is 14.3 Å². The van der Waals surface area contributed by atoms with E-state index in [0.717, 1.165) is 22.0 Å². The van der Waals surface area contributed by atoms with Crippen LogP contribution in [0.4, 0.5) is 0 Å². The number of hydrogen-bond donors (Lipinski definition) is 1. The highest BCUT2D eigenvalue weighted by atomic mass is 32.2. The van der Waals surface area contributed by atoms with E-state index >= 15 is 0 Å². The number of amides is 1. The van der Waals surface area contributed by atoms with E-state index in [1.807, 2.05) is 55.6 Å². The third kappa shape index (κ3) is 3.45. The smallest absolute Gasteiger partial charge is 0.252 e. The molecule has 0 radical (unpaired) electrons. The summed E-state index contributed by atoms with van der Waals surface area (Å²) in [6.45, 7) is 3.09. The lowest BCUT2D eigenvalue weighted by molar-refractivity contribution is 0.0936. The number of fused-ring (bicyclic) bond motifs is 1. The number of hydrogen-bond acceptors (Lipinski definition) is 4. The van der Waals surface area contributed by atoms with Crippen LogP contribution in [0.3, 0.4) is 0 Å². The minimum Gasteiger partial charge on any atom is -0.486 e. The van der Waals surface area contributed by atoms with Gasteiger partial charge in [0.15, 0.2) is 11.5 Å². The number of benzene rings is 2. The molecule has 0 bridgehead atoms. The number of ether oxygens (including phenoxy) is 2. The fraction of sp³-hybridized carbons (Fsp3) is 0.278. The Hall–Kier alpha value is -2.14. The standard InChI is InChI=1S/C18H19NO3S/c1-12(13-7-8-15-16(11-13)22-10-9-21-15)19-18(20)14-5-3-4-6-17(14)23-2/h3-8,11-12H,9-10H2,1-2H3,(H,19,20)/t12-/m1/s1. The molecule has 1 atom stereocenters. The van der Waals surface area contributed by atoms with Crippen LogP contribution >= 0.6 is 11.8 Å². The highest BCUT2D eigenvalue weighted by molar-refractivity contribution is 7.98. The normalized spacial score (nSPS) is 14.2. The summed E-state index contributed by atoms with van der Waals surface area (Å²) in [5, 5.41) is 3.05. The van der Waals surface area contributed by atoms with Gasteiger partial charge in [0.1, 0.15) is 13.2 Å². The van der Waals surface area contributed by atoms with Gasteiger partial charge < -0.3 is 14.8 Å². The Morgan fingerprint density at radius 3 is 2.65 bits per heavy atom. The molecule has 1 aliphatic heterocycles. The third-order valence-corrected chi connectivity index (χ3v) is 4.56. The molecule has 0 unspecified atom stereocenters. The van der Waals surface area contributed by atoms with Gasteiger partial charge in [0, 0.05) is 4.90 Å². The Morgan fingerprint density at radius 2 is 1.87 bits per heavy atom. The molecule has 1 aliphatic rings. The second-order valence-corrected chi connectivity index (χ2v) is 6.15. The van der Waals surface area contributed by atoms with Crippen molar-refractivity contribution in [1.82, 2.24) is 5.32 Å². The lowest BCUT2D eigenvalue weighted by Gasteiger charge is -2.21. The summed E-state index contributed by atoms with van der Waals surface area (Å²) in [6.07, 6.45) is 1.97. The van der Waals surface area contributed by atoms with Crippen molar-refractivity contribution in [1.29, 1.82) is 0 Å². The van der Waals surface area contributed by atoms with Gasteiger partial charge in [0.2, 0.25) is 0 Å². The Morgan fingerprint density at radius 1 is 1.13 bits per heavy atom. The number of carbonyl (C=O) groups excluding carboxylic acids is 1. The average Bonchev–Trinajstić information content (AvgIpc) is 2.61. The van der Waals surface area contributed by atoms with E-state index in [-0.39, 0.29) is 11.9 Å². The van der Waals surface area contributed by atoms with Crippen LogP contribution in [0.15, 0.2) is 47.4 Å². The van der Waals surface area contributed by atoms with Crippen LogP contribution in [0.5, 0.6) is 11.5 Å². The first-order valence-corrected chi connectivity index (χ1v) is 8.75. The molecule has 0 saturated heterocycles. The zero-order valence-corrected chi connectivity index (χ0v) is 14.0. The maximum atomic E-state index is 12.5. The highest BCUT2D eigenvalue weighted by Crippen LogP contribution is 2.32. The van der Waals surface area contributed by atoms with Gasteiger partial charge in [-0.1, -0.05) is 18.2 Å². The highest BCUT2D eigenvalue weighted by Gasteiger charge is 2.17. The fourth-order valence-electron chi connectivity index (χ4n) is 2.52. The second-order valence-electron chi connectivity index (χ2n) is 5.30. The summed E-state index contributed by atoms with van der Waals surface area (Å²) in [6, 6.07) is 13.3. The number of carbonyl (C=O) groups is 1. The van der Waals surface area contributed by atoms with E-state index in [0.29, 0.717) is 18.8 Å². The second kappa shape index (κ2) is 6.96. The molecule has 2 aromatic carbocycles. The Labute approximate surface area is 140 Å². The summed E-state index contributed by atoms with van der Waals surface area (Å²) < 4.78 is 11.1. The summed E-state index contributed by atoms with van der Waals surface area (Å²) in [5.74, 6) is 1.42. The molecule has 4 nitrogen and oxygen atoms in total. The van der Waals surface area contributed by atoms with E-state index in [4.69, 9.17) is 9.47 Å². The summed E-state index contributed by atoms with van der Waals surface area (Å²) in [4.78, 5) is 13.5. The molecular formula is C18H19NO3S. The minimum absolute atomic E-state index is 0.0719.